The minimum absolute atomic E-state index is 0. The van der Waals surface area contributed by atoms with Gasteiger partial charge in [0.25, 0.3) is 0 Å². The molecule has 1 unspecified atom stereocenters. The zero-order chi connectivity index (χ0) is 20.1. The Hall–Kier alpha value is -1.42. The number of anilines is 1. The molecule has 1 aromatic carbocycles. The van der Waals surface area contributed by atoms with Gasteiger partial charge in [0.1, 0.15) is 12.4 Å². The van der Waals surface area contributed by atoms with Crippen molar-refractivity contribution in [3.8, 4) is 0 Å². The Morgan fingerprint density at radius 2 is 1.82 bits per heavy atom. The summed E-state index contributed by atoms with van der Waals surface area (Å²) in [5.41, 5.74) is 0.555. The van der Waals surface area contributed by atoms with Gasteiger partial charge in [-0.2, -0.15) is 0 Å². The van der Waals surface area contributed by atoms with Crippen LogP contribution >= 0.6 is 24.0 Å². The Morgan fingerprint density at radius 1 is 1.18 bits per heavy atom. The Labute approximate surface area is 185 Å². The number of benzene rings is 1. The quantitative estimate of drug-likeness (QED) is 0.244. The minimum Gasteiger partial charge on any atom is -0.357 e. The van der Waals surface area contributed by atoms with Crippen LogP contribution in [0.1, 0.15) is 40.5 Å². The van der Waals surface area contributed by atoms with E-state index in [1.807, 2.05) is 6.92 Å². The van der Waals surface area contributed by atoms with Crippen LogP contribution in [0.15, 0.2) is 29.3 Å². The molecule has 0 heterocycles. The van der Waals surface area contributed by atoms with E-state index in [9.17, 15) is 9.18 Å². The average molecular weight is 507 g/mol. The van der Waals surface area contributed by atoms with Gasteiger partial charge < -0.3 is 20.9 Å². The fourth-order valence-corrected chi connectivity index (χ4v) is 2.67. The van der Waals surface area contributed by atoms with Gasteiger partial charge in [0.15, 0.2) is 5.96 Å². The first-order valence-electron chi connectivity index (χ1n) is 9.81. The molecule has 0 spiro atoms. The summed E-state index contributed by atoms with van der Waals surface area (Å²) in [6.45, 7) is 12.4. The van der Waals surface area contributed by atoms with Crippen molar-refractivity contribution in [2.75, 3.05) is 38.0 Å². The number of hydrogen-bond donors (Lipinski definition) is 3. The molecule has 8 heteroatoms. The number of carbonyl (C=O) groups excluding carboxylic acids is 1. The van der Waals surface area contributed by atoms with Crippen molar-refractivity contribution in [1.82, 2.24) is 15.5 Å². The van der Waals surface area contributed by atoms with Gasteiger partial charge in [0.2, 0.25) is 5.91 Å². The van der Waals surface area contributed by atoms with E-state index >= 15 is 0 Å². The average Bonchev–Trinajstić information content (AvgIpc) is 2.65. The summed E-state index contributed by atoms with van der Waals surface area (Å²) in [5, 5.41) is 9.21. The van der Waals surface area contributed by atoms with Crippen LogP contribution < -0.4 is 16.0 Å². The lowest BCUT2D eigenvalue weighted by atomic mass is 10.2. The Kier molecular flexibility index (Phi) is 14.7. The summed E-state index contributed by atoms with van der Waals surface area (Å²) in [7, 11) is 0. The van der Waals surface area contributed by atoms with Crippen LogP contribution in [0, 0.1) is 5.82 Å². The molecule has 0 fully saturated rings. The Balaban J connectivity index is 0.00000729. The Morgan fingerprint density at radius 3 is 2.39 bits per heavy atom. The number of hydrogen-bond acceptors (Lipinski definition) is 3. The molecule has 0 radical (unpaired) electrons. The SMILES string of the molecule is CCNC(=NCC(=O)Nc1ccc(F)cc1)NC(C)CCCN(CC)CC.I. The third-order valence-corrected chi connectivity index (χ3v) is 4.24. The van der Waals surface area contributed by atoms with Crippen LogP contribution in [0.4, 0.5) is 10.1 Å². The minimum atomic E-state index is -0.334. The van der Waals surface area contributed by atoms with Crippen molar-refractivity contribution in [3.63, 3.8) is 0 Å². The number of nitrogens with zero attached hydrogens (tertiary/aromatic N) is 2. The first-order valence-corrected chi connectivity index (χ1v) is 9.81. The molecule has 1 rings (SSSR count). The molecule has 0 saturated heterocycles. The molecule has 3 N–H and O–H groups in total. The number of rotatable bonds is 11. The number of halogens is 2. The first kappa shape index (κ1) is 26.6. The lowest BCUT2D eigenvalue weighted by Gasteiger charge is -2.21. The van der Waals surface area contributed by atoms with Crippen molar-refractivity contribution < 1.29 is 9.18 Å². The molecule has 0 saturated carbocycles. The molecular formula is C20H35FIN5O. The zero-order valence-electron chi connectivity index (χ0n) is 17.4. The fourth-order valence-electron chi connectivity index (χ4n) is 2.67. The maximum Gasteiger partial charge on any atom is 0.246 e. The van der Waals surface area contributed by atoms with Gasteiger partial charge in [-0.25, -0.2) is 9.38 Å². The van der Waals surface area contributed by atoms with E-state index < -0.39 is 0 Å². The largest absolute Gasteiger partial charge is 0.357 e. The first-order chi connectivity index (χ1) is 13.0. The molecule has 1 amide bonds. The lowest BCUT2D eigenvalue weighted by molar-refractivity contribution is -0.114. The van der Waals surface area contributed by atoms with Crippen molar-refractivity contribution in [2.45, 2.75) is 46.6 Å². The van der Waals surface area contributed by atoms with Gasteiger partial charge in [-0.1, -0.05) is 13.8 Å². The summed E-state index contributed by atoms with van der Waals surface area (Å²) >= 11 is 0. The highest BCUT2D eigenvalue weighted by atomic mass is 127. The van der Waals surface area contributed by atoms with E-state index in [1.165, 1.54) is 24.3 Å². The van der Waals surface area contributed by atoms with Crippen molar-refractivity contribution in [1.29, 1.82) is 0 Å². The maximum absolute atomic E-state index is 12.9. The molecule has 1 atom stereocenters. The monoisotopic (exact) mass is 507 g/mol. The predicted molar refractivity (Wildman–Crippen MR) is 126 cm³/mol. The van der Waals surface area contributed by atoms with Gasteiger partial charge in [0.05, 0.1) is 0 Å². The molecule has 6 nitrogen and oxygen atoms in total. The summed E-state index contributed by atoms with van der Waals surface area (Å²) < 4.78 is 12.9. The molecule has 0 bridgehead atoms. The van der Waals surface area contributed by atoms with Crippen LogP contribution in [0.3, 0.4) is 0 Å². The van der Waals surface area contributed by atoms with Gasteiger partial charge in [-0.15, -0.1) is 24.0 Å². The van der Waals surface area contributed by atoms with E-state index in [0.29, 0.717) is 11.6 Å². The van der Waals surface area contributed by atoms with Crippen LogP contribution in [-0.2, 0) is 4.79 Å². The number of amides is 1. The molecule has 1 aromatic rings. The standard InChI is InChI=1S/C20H34FN5O.HI/c1-5-22-20(24-16(4)9-8-14-26(6-2)7-3)23-15-19(27)25-18-12-10-17(21)11-13-18;/h10-13,16H,5-9,14-15H2,1-4H3,(H,25,27)(H2,22,23,24);1H. The van der Waals surface area contributed by atoms with Gasteiger partial charge in [0, 0.05) is 18.3 Å². The number of aliphatic imine (C=N–C) groups is 1. The van der Waals surface area contributed by atoms with Crippen LogP contribution in [0.5, 0.6) is 0 Å². The summed E-state index contributed by atoms with van der Waals surface area (Å²) in [4.78, 5) is 18.8. The van der Waals surface area contributed by atoms with Crippen molar-refractivity contribution in [2.24, 2.45) is 4.99 Å². The maximum atomic E-state index is 12.9. The second-order valence-electron chi connectivity index (χ2n) is 6.46. The number of nitrogens with one attached hydrogen (secondary N) is 3. The van der Waals surface area contributed by atoms with Crippen LogP contribution in [0.2, 0.25) is 0 Å². The topological polar surface area (TPSA) is 68.8 Å². The van der Waals surface area contributed by atoms with Crippen molar-refractivity contribution >= 4 is 41.5 Å². The second-order valence-corrected chi connectivity index (χ2v) is 6.46. The highest BCUT2D eigenvalue weighted by Crippen LogP contribution is 2.07. The molecule has 0 aliphatic carbocycles. The third-order valence-electron chi connectivity index (χ3n) is 4.24. The van der Waals surface area contributed by atoms with Crippen LogP contribution in [-0.4, -0.2) is 55.5 Å². The third kappa shape index (κ3) is 11.4. The van der Waals surface area contributed by atoms with Crippen molar-refractivity contribution in [3.05, 3.63) is 30.1 Å². The Bertz CT molecular complexity index is 578. The van der Waals surface area contributed by atoms with E-state index in [4.69, 9.17) is 0 Å². The highest BCUT2D eigenvalue weighted by Gasteiger charge is 2.08. The van der Waals surface area contributed by atoms with E-state index in [-0.39, 0.29) is 48.3 Å². The smallest absolute Gasteiger partial charge is 0.246 e. The molecule has 0 aromatic heterocycles. The van der Waals surface area contributed by atoms with Gasteiger partial charge in [-0.3, -0.25) is 4.79 Å². The summed E-state index contributed by atoms with van der Waals surface area (Å²) in [6.07, 6.45) is 2.14. The van der Waals surface area contributed by atoms with Gasteiger partial charge in [-0.05, 0) is 70.6 Å². The zero-order valence-corrected chi connectivity index (χ0v) is 19.8. The fraction of sp³-hybridized carbons (Fsp3) is 0.600. The molecular weight excluding hydrogens is 472 g/mol. The second kappa shape index (κ2) is 15.5. The highest BCUT2D eigenvalue weighted by molar-refractivity contribution is 14.0. The summed E-state index contributed by atoms with van der Waals surface area (Å²) in [6, 6.07) is 5.93. The molecule has 28 heavy (non-hydrogen) atoms. The lowest BCUT2D eigenvalue weighted by Crippen LogP contribution is -2.43. The van der Waals surface area contributed by atoms with E-state index in [0.717, 1.165) is 39.0 Å². The van der Waals surface area contributed by atoms with E-state index in [1.54, 1.807) is 0 Å². The predicted octanol–water partition coefficient (Wildman–Crippen LogP) is 3.45. The number of carbonyl (C=O) groups is 1. The van der Waals surface area contributed by atoms with Gasteiger partial charge >= 0.3 is 0 Å². The molecule has 160 valence electrons. The molecule has 0 aliphatic heterocycles. The molecule has 0 aliphatic rings. The summed E-state index contributed by atoms with van der Waals surface area (Å²) in [5.74, 6) is 0.0507. The van der Waals surface area contributed by atoms with Crippen LogP contribution in [0.25, 0.3) is 0 Å². The normalized spacial score (nSPS) is 12.3. The number of guanidine groups is 1. The van der Waals surface area contributed by atoms with E-state index in [2.05, 4.69) is 46.6 Å².